The second kappa shape index (κ2) is 7.31. The molecule has 1 aliphatic carbocycles. The Bertz CT molecular complexity index is 1390. The zero-order chi connectivity index (χ0) is 21.4. The summed E-state index contributed by atoms with van der Waals surface area (Å²) in [5, 5.41) is 20.7. The van der Waals surface area contributed by atoms with Crippen LogP contribution in [0.15, 0.2) is 54.9 Å². The molecule has 31 heavy (non-hydrogen) atoms. The third kappa shape index (κ3) is 3.52. The monoisotopic (exact) mass is 413 g/mol. The summed E-state index contributed by atoms with van der Waals surface area (Å²) in [5.74, 6) is 5.26. The van der Waals surface area contributed by atoms with Crippen LogP contribution in [0.4, 0.5) is 10.2 Å². The second-order valence-electron chi connectivity index (χ2n) is 7.27. The molecule has 152 valence electrons. The van der Waals surface area contributed by atoms with Gasteiger partial charge >= 0.3 is 0 Å². The number of rotatable bonds is 2. The molecule has 0 saturated carbocycles. The van der Waals surface area contributed by atoms with Crippen LogP contribution in [0.25, 0.3) is 10.9 Å². The highest BCUT2D eigenvalue weighted by Gasteiger charge is 2.36. The molecule has 1 aromatic carbocycles. The fourth-order valence-corrected chi connectivity index (χ4v) is 3.66. The average Bonchev–Trinajstić information content (AvgIpc) is 3.34. The van der Waals surface area contributed by atoms with Crippen LogP contribution in [-0.4, -0.2) is 31.2 Å². The number of aromatic amines is 1. The number of nitrogens with zero attached hydrogens (tertiary/aromatic N) is 3. The summed E-state index contributed by atoms with van der Waals surface area (Å²) in [7, 11) is 0. The smallest absolute Gasteiger partial charge is 0.277 e. The van der Waals surface area contributed by atoms with Crippen LogP contribution in [-0.2, 0) is 12.0 Å². The van der Waals surface area contributed by atoms with Gasteiger partial charge in [0.05, 0.1) is 11.2 Å². The summed E-state index contributed by atoms with van der Waals surface area (Å²) in [6.45, 7) is 0. The van der Waals surface area contributed by atoms with Crippen molar-refractivity contribution in [2.24, 2.45) is 0 Å². The molecular weight excluding hydrogens is 397 g/mol. The van der Waals surface area contributed by atoms with Crippen molar-refractivity contribution >= 4 is 22.6 Å². The number of hydrogen-bond acceptors (Lipinski definition) is 5. The summed E-state index contributed by atoms with van der Waals surface area (Å²) in [6.07, 6.45) is 4.36. The van der Waals surface area contributed by atoms with Gasteiger partial charge in [0.1, 0.15) is 11.6 Å². The number of halogens is 1. The molecule has 0 radical (unpaired) electrons. The Kier molecular flexibility index (Phi) is 4.46. The summed E-state index contributed by atoms with van der Waals surface area (Å²) in [4.78, 5) is 21.1. The van der Waals surface area contributed by atoms with Crippen molar-refractivity contribution in [1.82, 2.24) is 20.2 Å². The molecule has 3 aromatic heterocycles. The number of H-pyrrole nitrogens is 1. The summed E-state index contributed by atoms with van der Waals surface area (Å²) < 4.78 is 13.3. The van der Waals surface area contributed by atoms with Gasteiger partial charge in [-0.2, -0.15) is 5.10 Å². The molecule has 4 aromatic rings. The van der Waals surface area contributed by atoms with Crippen molar-refractivity contribution in [1.29, 1.82) is 0 Å². The Balaban J connectivity index is 1.38. The van der Waals surface area contributed by atoms with E-state index < -0.39 is 17.3 Å². The first-order valence-electron chi connectivity index (χ1n) is 9.63. The predicted octanol–water partition coefficient (Wildman–Crippen LogP) is 2.93. The Morgan fingerprint density at radius 1 is 1.19 bits per heavy atom. The number of carbonyl (C=O) groups excluding carboxylic acids is 1. The molecule has 1 atom stereocenters. The van der Waals surface area contributed by atoms with Crippen LogP contribution in [0.2, 0.25) is 0 Å². The van der Waals surface area contributed by atoms with Gasteiger partial charge in [0.25, 0.3) is 5.91 Å². The zero-order valence-corrected chi connectivity index (χ0v) is 16.2. The maximum absolute atomic E-state index is 13.3. The van der Waals surface area contributed by atoms with Crippen LogP contribution in [0.3, 0.4) is 0 Å². The number of amides is 1. The molecule has 0 aliphatic heterocycles. The first-order chi connectivity index (χ1) is 15.0. The minimum absolute atomic E-state index is 0.135. The number of hydrogen-bond donors (Lipinski definition) is 3. The Labute approximate surface area is 176 Å². The van der Waals surface area contributed by atoms with E-state index in [9.17, 15) is 14.3 Å². The quantitative estimate of drug-likeness (QED) is 0.439. The Hall–Kier alpha value is -4.09. The molecular formula is C23H16FN5O2. The normalized spacial score (nSPS) is 17.1. The third-order valence-electron chi connectivity index (χ3n) is 5.19. The van der Waals surface area contributed by atoms with E-state index in [1.54, 1.807) is 18.3 Å². The maximum atomic E-state index is 13.3. The van der Waals surface area contributed by atoms with Crippen LogP contribution in [0.1, 0.15) is 33.7 Å². The molecule has 0 saturated heterocycles. The lowest BCUT2D eigenvalue weighted by Gasteiger charge is -2.15. The van der Waals surface area contributed by atoms with E-state index in [4.69, 9.17) is 0 Å². The van der Waals surface area contributed by atoms with E-state index in [1.165, 1.54) is 24.4 Å². The number of pyridine rings is 2. The highest BCUT2D eigenvalue weighted by molar-refractivity contribution is 6.10. The molecule has 1 amide bonds. The third-order valence-corrected chi connectivity index (χ3v) is 5.19. The average molecular weight is 413 g/mol. The van der Waals surface area contributed by atoms with Crippen LogP contribution < -0.4 is 5.32 Å². The van der Waals surface area contributed by atoms with Crippen LogP contribution in [0, 0.1) is 17.7 Å². The van der Waals surface area contributed by atoms with Crippen molar-refractivity contribution in [3.63, 3.8) is 0 Å². The zero-order valence-electron chi connectivity index (χ0n) is 16.2. The summed E-state index contributed by atoms with van der Waals surface area (Å²) >= 11 is 0. The minimum atomic E-state index is -1.30. The topological polar surface area (TPSA) is 104 Å². The lowest BCUT2D eigenvalue weighted by molar-refractivity contribution is 0.0981. The number of aliphatic hydroxyl groups is 1. The Morgan fingerprint density at radius 2 is 2.10 bits per heavy atom. The summed E-state index contributed by atoms with van der Waals surface area (Å²) in [5.41, 5.74) is 1.43. The number of anilines is 1. The molecule has 5 rings (SSSR count). The Morgan fingerprint density at radius 3 is 3.00 bits per heavy atom. The van der Waals surface area contributed by atoms with Gasteiger partial charge < -0.3 is 10.4 Å². The minimum Gasteiger partial charge on any atom is -0.372 e. The SMILES string of the molecule is O=C(Nc1cc(C#C[C@]2(O)CCc3cccnc32)ccn1)c1n[nH]c2cc(F)ccc12. The molecule has 0 spiro atoms. The molecule has 0 fully saturated rings. The predicted molar refractivity (Wildman–Crippen MR) is 112 cm³/mol. The van der Waals surface area contributed by atoms with Crippen LogP contribution >= 0.6 is 0 Å². The van der Waals surface area contributed by atoms with Crippen molar-refractivity contribution in [3.8, 4) is 11.8 Å². The van der Waals surface area contributed by atoms with Gasteiger partial charge in [-0.25, -0.2) is 9.37 Å². The number of aryl methyl sites for hydroxylation is 1. The molecule has 7 nitrogen and oxygen atoms in total. The van der Waals surface area contributed by atoms with Gasteiger partial charge in [-0.1, -0.05) is 17.9 Å². The van der Waals surface area contributed by atoms with Crippen molar-refractivity contribution in [2.75, 3.05) is 5.32 Å². The molecule has 8 heteroatoms. The van der Waals surface area contributed by atoms with E-state index in [2.05, 4.69) is 37.3 Å². The number of nitrogens with one attached hydrogen (secondary N) is 2. The number of fused-ring (bicyclic) bond motifs is 2. The molecule has 1 aliphatic rings. The van der Waals surface area contributed by atoms with E-state index in [-0.39, 0.29) is 11.5 Å². The number of benzene rings is 1. The van der Waals surface area contributed by atoms with Crippen molar-refractivity contribution < 1.29 is 14.3 Å². The van der Waals surface area contributed by atoms with E-state index in [1.807, 2.05) is 12.1 Å². The number of aromatic nitrogens is 4. The lowest BCUT2D eigenvalue weighted by atomic mass is 10.0. The molecule has 0 bridgehead atoms. The maximum Gasteiger partial charge on any atom is 0.277 e. The first kappa shape index (κ1) is 18.9. The van der Waals surface area contributed by atoms with Gasteiger partial charge in [0.2, 0.25) is 0 Å². The largest absolute Gasteiger partial charge is 0.372 e. The molecule has 0 unspecified atom stereocenters. The van der Waals surface area contributed by atoms with Gasteiger partial charge in [-0.05, 0) is 54.8 Å². The van der Waals surface area contributed by atoms with Gasteiger partial charge in [0, 0.05) is 23.3 Å². The van der Waals surface area contributed by atoms with Gasteiger partial charge in [-0.3, -0.25) is 14.9 Å². The van der Waals surface area contributed by atoms with Gasteiger partial charge in [0.15, 0.2) is 11.3 Å². The van der Waals surface area contributed by atoms with E-state index in [0.717, 1.165) is 5.56 Å². The van der Waals surface area contributed by atoms with Crippen molar-refractivity contribution in [2.45, 2.75) is 18.4 Å². The standard InChI is InChI=1S/C23H16FN5O2/c24-16-3-4-17-18(13-16)28-29-20(17)22(30)27-19-12-14(7-11-25-19)5-8-23(31)9-6-15-2-1-10-26-21(15)23/h1-4,7,10-13,31H,6,9H2,(H,28,29)(H,25,27,30)/t23-/m0/s1. The second-order valence-corrected chi connectivity index (χ2v) is 7.27. The first-order valence-corrected chi connectivity index (χ1v) is 9.63. The summed E-state index contributed by atoms with van der Waals surface area (Å²) in [6, 6.07) is 11.1. The van der Waals surface area contributed by atoms with Gasteiger partial charge in [-0.15, -0.1) is 0 Å². The van der Waals surface area contributed by atoms with E-state index in [0.29, 0.717) is 35.0 Å². The number of carbonyl (C=O) groups is 1. The van der Waals surface area contributed by atoms with Crippen molar-refractivity contribution in [3.05, 3.63) is 83.2 Å². The highest BCUT2D eigenvalue weighted by atomic mass is 19.1. The lowest BCUT2D eigenvalue weighted by Crippen LogP contribution is -2.21. The fourth-order valence-electron chi connectivity index (χ4n) is 3.66. The molecule has 3 N–H and O–H groups in total. The fraction of sp³-hybridized carbons (Fsp3) is 0.130. The van der Waals surface area contributed by atoms with Crippen LogP contribution in [0.5, 0.6) is 0 Å². The highest BCUT2D eigenvalue weighted by Crippen LogP contribution is 2.34. The van der Waals surface area contributed by atoms with E-state index >= 15 is 0 Å². The molecule has 3 heterocycles.